The molecule has 0 heterocycles. The summed E-state index contributed by atoms with van der Waals surface area (Å²) in [6.07, 6.45) is 1.67. The monoisotopic (exact) mass is 312 g/mol. The smallest absolute Gasteiger partial charge is 0.290 e. The van der Waals surface area contributed by atoms with Gasteiger partial charge in [-0.15, -0.1) is 0 Å². The lowest BCUT2D eigenvalue weighted by molar-refractivity contribution is 0.405. The van der Waals surface area contributed by atoms with E-state index >= 15 is 0 Å². The Morgan fingerprint density at radius 3 is 2.19 bits per heavy atom. The summed E-state index contributed by atoms with van der Waals surface area (Å²) in [6, 6.07) is 6.67. The summed E-state index contributed by atoms with van der Waals surface area (Å²) in [4.78, 5) is -0.219. The first-order valence-electron chi connectivity index (χ1n) is 6.44. The number of phenolic OH excluding ortho intramolecular Hbond substituents is 1. The van der Waals surface area contributed by atoms with Crippen molar-refractivity contribution in [1.82, 2.24) is 0 Å². The molecule has 0 radical (unpaired) electrons. The quantitative estimate of drug-likeness (QED) is 0.439. The normalized spacial score (nSPS) is 15.5. The maximum Gasteiger partial charge on any atom is 0.290 e. The highest BCUT2D eigenvalue weighted by atomic mass is 32.2. The summed E-state index contributed by atoms with van der Waals surface area (Å²) >= 11 is 0. The van der Waals surface area contributed by atoms with Crippen molar-refractivity contribution in [3.05, 3.63) is 52.1 Å². The standard InChI is InChI=1S/C15H20O5S/c1-10(13-4-6-15(17)7-5-13)8-14(12(3)16)9-11(2)21(18,19)20/h4-7,9-10,16-17H,8H2,1-3H3,(H,18,19,20)/b11-9+,14-12+. The lowest BCUT2D eigenvalue weighted by atomic mass is 9.93. The molecule has 21 heavy (non-hydrogen) atoms. The van der Waals surface area contributed by atoms with Crippen molar-refractivity contribution in [2.45, 2.75) is 33.1 Å². The minimum Gasteiger partial charge on any atom is -0.512 e. The molecule has 0 bridgehead atoms. The summed E-state index contributed by atoms with van der Waals surface area (Å²) in [7, 11) is -4.25. The van der Waals surface area contributed by atoms with Gasteiger partial charge in [0, 0.05) is 0 Å². The van der Waals surface area contributed by atoms with Crippen molar-refractivity contribution in [3.8, 4) is 5.75 Å². The van der Waals surface area contributed by atoms with Crippen LogP contribution in [0.2, 0.25) is 0 Å². The molecule has 0 saturated heterocycles. The molecule has 0 aromatic heterocycles. The van der Waals surface area contributed by atoms with Gasteiger partial charge in [0.15, 0.2) is 0 Å². The minimum absolute atomic E-state index is 0.00336. The number of aliphatic hydroxyl groups excluding tert-OH is 1. The van der Waals surface area contributed by atoms with Crippen LogP contribution >= 0.6 is 0 Å². The van der Waals surface area contributed by atoms with Crippen LogP contribution in [0.4, 0.5) is 0 Å². The molecule has 6 heteroatoms. The minimum atomic E-state index is -4.25. The highest BCUT2D eigenvalue weighted by molar-refractivity contribution is 7.89. The van der Waals surface area contributed by atoms with Crippen molar-refractivity contribution < 1.29 is 23.2 Å². The number of aromatic hydroxyl groups is 1. The van der Waals surface area contributed by atoms with Crippen LogP contribution in [-0.2, 0) is 10.1 Å². The van der Waals surface area contributed by atoms with Gasteiger partial charge in [0.25, 0.3) is 10.1 Å². The zero-order chi connectivity index (χ0) is 16.2. The fraction of sp³-hybridized carbons (Fsp3) is 0.333. The molecule has 0 fully saturated rings. The Kier molecular flexibility index (Phi) is 5.57. The molecular formula is C15H20O5S. The van der Waals surface area contributed by atoms with Gasteiger partial charge < -0.3 is 10.2 Å². The third kappa shape index (κ3) is 5.24. The van der Waals surface area contributed by atoms with Gasteiger partial charge in [-0.25, -0.2) is 0 Å². The van der Waals surface area contributed by atoms with Crippen LogP contribution in [0.5, 0.6) is 5.75 Å². The van der Waals surface area contributed by atoms with Gasteiger partial charge in [-0.05, 0) is 55.5 Å². The number of phenols is 1. The molecular weight excluding hydrogens is 292 g/mol. The molecule has 0 spiro atoms. The molecule has 0 amide bonds. The molecule has 0 saturated carbocycles. The van der Waals surface area contributed by atoms with Crippen molar-refractivity contribution >= 4 is 10.1 Å². The molecule has 1 rings (SSSR count). The molecule has 0 aliphatic rings. The van der Waals surface area contributed by atoms with E-state index in [4.69, 9.17) is 4.55 Å². The molecule has 1 aromatic carbocycles. The Hall–Kier alpha value is -1.79. The van der Waals surface area contributed by atoms with E-state index in [0.717, 1.165) is 5.56 Å². The third-order valence-corrected chi connectivity index (χ3v) is 4.17. The molecule has 116 valence electrons. The van der Waals surface area contributed by atoms with E-state index in [1.54, 1.807) is 24.3 Å². The van der Waals surface area contributed by atoms with Crippen molar-refractivity contribution in [2.75, 3.05) is 0 Å². The first kappa shape index (κ1) is 17.3. The van der Waals surface area contributed by atoms with Crippen LogP contribution in [0, 0.1) is 0 Å². The van der Waals surface area contributed by atoms with Crippen molar-refractivity contribution in [2.24, 2.45) is 0 Å². The second-order valence-corrected chi connectivity index (χ2v) is 6.63. The number of benzene rings is 1. The fourth-order valence-electron chi connectivity index (χ4n) is 1.88. The first-order chi connectivity index (χ1) is 9.61. The van der Waals surface area contributed by atoms with Gasteiger partial charge in [-0.2, -0.15) is 8.42 Å². The Morgan fingerprint density at radius 1 is 1.24 bits per heavy atom. The van der Waals surface area contributed by atoms with Crippen LogP contribution in [0.1, 0.15) is 38.7 Å². The Bertz CT molecular complexity index is 650. The lowest BCUT2D eigenvalue weighted by Crippen LogP contribution is -2.02. The van der Waals surface area contributed by atoms with Crippen LogP contribution in [0.15, 0.2) is 46.6 Å². The summed E-state index contributed by atoms with van der Waals surface area (Å²) in [5, 5.41) is 18.9. The van der Waals surface area contributed by atoms with E-state index in [0.29, 0.717) is 12.0 Å². The third-order valence-electron chi connectivity index (χ3n) is 3.24. The second kappa shape index (κ2) is 6.78. The van der Waals surface area contributed by atoms with Crippen molar-refractivity contribution in [3.63, 3.8) is 0 Å². The van der Waals surface area contributed by atoms with Gasteiger partial charge in [-0.1, -0.05) is 19.1 Å². The summed E-state index contributed by atoms with van der Waals surface area (Å²) in [6.45, 7) is 4.65. The van der Waals surface area contributed by atoms with Gasteiger partial charge in [0.1, 0.15) is 5.75 Å². The molecule has 3 N–H and O–H groups in total. The maximum absolute atomic E-state index is 11.0. The van der Waals surface area contributed by atoms with E-state index in [1.165, 1.54) is 19.9 Å². The van der Waals surface area contributed by atoms with Gasteiger partial charge in [0.2, 0.25) is 0 Å². The van der Waals surface area contributed by atoms with E-state index in [-0.39, 0.29) is 22.3 Å². The summed E-state index contributed by atoms with van der Waals surface area (Å²) in [5.41, 5.74) is 1.38. The number of hydrogen-bond donors (Lipinski definition) is 3. The highest BCUT2D eigenvalue weighted by Crippen LogP contribution is 2.27. The molecule has 1 atom stereocenters. The highest BCUT2D eigenvalue weighted by Gasteiger charge is 2.13. The van der Waals surface area contributed by atoms with Gasteiger partial charge >= 0.3 is 0 Å². The predicted molar refractivity (Wildman–Crippen MR) is 81.8 cm³/mol. The summed E-state index contributed by atoms with van der Waals surface area (Å²) in [5.74, 6) is 0.180. The Morgan fingerprint density at radius 2 is 1.76 bits per heavy atom. The average molecular weight is 312 g/mol. The topological polar surface area (TPSA) is 94.8 Å². The zero-order valence-electron chi connectivity index (χ0n) is 12.2. The number of hydrogen-bond acceptors (Lipinski definition) is 4. The molecule has 0 aliphatic carbocycles. The SMILES string of the molecule is C/C(=C\C(CC(C)c1ccc(O)cc1)=C(/C)O)S(=O)(=O)O. The fourth-order valence-corrected chi connectivity index (χ4v) is 2.17. The summed E-state index contributed by atoms with van der Waals surface area (Å²) < 4.78 is 31.0. The molecule has 1 aromatic rings. The largest absolute Gasteiger partial charge is 0.512 e. The van der Waals surface area contributed by atoms with Crippen LogP contribution in [0.3, 0.4) is 0 Å². The van der Waals surface area contributed by atoms with Crippen molar-refractivity contribution in [1.29, 1.82) is 0 Å². The van der Waals surface area contributed by atoms with Crippen LogP contribution in [0.25, 0.3) is 0 Å². The predicted octanol–water partition coefficient (Wildman–Crippen LogP) is 3.51. The number of aliphatic hydroxyl groups is 1. The lowest BCUT2D eigenvalue weighted by Gasteiger charge is -2.14. The van der Waals surface area contributed by atoms with Gasteiger partial charge in [-0.3, -0.25) is 4.55 Å². The van der Waals surface area contributed by atoms with Crippen LogP contribution in [-0.4, -0.2) is 23.2 Å². The second-order valence-electron chi connectivity index (χ2n) is 5.04. The Balaban J connectivity index is 3.01. The zero-order valence-corrected chi connectivity index (χ0v) is 13.1. The average Bonchev–Trinajstić information content (AvgIpc) is 2.37. The van der Waals surface area contributed by atoms with E-state index in [2.05, 4.69) is 0 Å². The van der Waals surface area contributed by atoms with Crippen LogP contribution < -0.4 is 0 Å². The van der Waals surface area contributed by atoms with Gasteiger partial charge in [0.05, 0.1) is 10.7 Å². The molecule has 1 unspecified atom stereocenters. The first-order valence-corrected chi connectivity index (χ1v) is 7.88. The van der Waals surface area contributed by atoms with E-state index in [1.807, 2.05) is 6.92 Å². The Labute approximate surface area is 125 Å². The van der Waals surface area contributed by atoms with E-state index < -0.39 is 10.1 Å². The van der Waals surface area contributed by atoms with E-state index in [9.17, 15) is 18.6 Å². The molecule has 0 aliphatic heterocycles. The molecule has 5 nitrogen and oxygen atoms in total. The number of rotatable bonds is 5. The number of allylic oxidation sites excluding steroid dienone is 4. The maximum atomic E-state index is 11.0.